The number of hydrogen-bond acceptors (Lipinski definition) is 1. The van der Waals surface area contributed by atoms with Gasteiger partial charge in [0.15, 0.2) is 0 Å². The highest BCUT2D eigenvalue weighted by molar-refractivity contribution is 5.04. The molecule has 0 amide bonds. The van der Waals surface area contributed by atoms with Crippen molar-refractivity contribution >= 4 is 0 Å². The lowest BCUT2D eigenvalue weighted by atomic mass is 9.71. The smallest absolute Gasteiger partial charge is 0.00106 e. The van der Waals surface area contributed by atoms with Crippen molar-refractivity contribution in [3.05, 3.63) is 0 Å². The van der Waals surface area contributed by atoms with Gasteiger partial charge in [0.25, 0.3) is 0 Å². The van der Waals surface area contributed by atoms with Crippen LogP contribution in [0, 0.1) is 23.2 Å². The summed E-state index contributed by atoms with van der Waals surface area (Å²) in [6, 6.07) is 0.658. The van der Waals surface area contributed by atoms with Crippen molar-refractivity contribution in [2.24, 2.45) is 23.2 Å². The third kappa shape index (κ3) is 2.92. The molecule has 0 aromatic rings. The molecule has 0 aromatic carbocycles. The Balaban J connectivity index is 1.58. The Kier molecular flexibility index (Phi) is 3.71. The van der Waals surface area contributed by atoms with Gasteiger partial charge in [-0.05, 0) is 48.9 Å². The maximum atomic E-state index is 3.76. The average molecular weight is 249 g/mol. The molecule has 0 bridgehead atoms. The van der Waals surface area contributed by atoms with Gasteiger partial charge in [-0.2, -0.15) is 0 Å². The third-order valence-corrected chi connectivity index (χ3v) is 5.79. The summed E-state index contributed by atoms with van der Waals surface area (Å²) in [6.45, 7) is 5.89. The minimum atomic E-state index is 0.658. The van der Waals surface area contributed by atoms with Gasteiger partial charge in [-0.3, -0.25) is 0 Å². The molecule has 3 aliphatic rings. The molecule has 18 heavy (non-hydrogen) atoms. The first kappa shape index (κ1) is 13.0. The average Bonchev–Trinajstić information content (AvgIpc) is 2.97. The Morgan fingerprint density at radius 3 is 2.33 bits per heavy atom. The summed E-state index contributed by atoms with van der Waals surface area (Å²) in [4.78, 5) is 0. The highest BCUT2D eigenvalue weighted by Crippen LogP contribution is 2.62. The van der Waals surface area contributed by atoms with E-state index in [2.05, 4.69) is 19.2 Å². The van der Waals surface area contributed by atoms with Crippen molar-refractivity contribution in [3.8, 4) is 0 Å². The standard InChI is InChI=1S/C17H31N/c1-13(2)18-12-17(10-15-8-16(15)11-17)9-14-6-4-3-5-7-14/h13-16,18H,3-12H2,1-2H3. The van der Waals surface area contributed by atoms with Gasteiger partial charge in [0, 0.05) is 12.6 Å². The van der Waals surface area contributed by atoms with Crippen molar-refractivity contribution in [2.75, 3.05) is 6.54 Å². The van der Waals surface area contributed by atoms with Crippen molar-refractivity contribution < 1.29 is 0 Å². The zero-order chi connectivity index (χ0) is 12.6. The van der Waals surface area contributed by atoms with Gasteiger partial charge >= 0.3 is 0 Å². The van der Waals surface area contributed by atoms with E-state index in [1.54, 1.807) is 25.7 Å². The highest BCUT2D eigenvalue weighted by atomic mass is 14.9. The van der Waals surface area contributed by atoms with Crippen LogP contribution in [0.5, 0.6) is 0 Å². The maximum Gasteiger partial charge on any atom is 0.00106 e. The van der Waals surface area contributed by atoms with Crippen LogP contribution in [0.2, 0.25) is 0 Å². The molecule has 3 rings (SSSR count). The van der Waals surface area contributed by atoms with E-state index in [-0.39, 0.29) is 0 Å². The molecule has 3 saturated carbocycles. The number of fused-ring (bicyclic) bond motifs is 1. The number of hydrogen-bond donors (Lipinski definition) is 1. The van der Waals surface area contributed by atoms with Gasteiger partial charge in [-0.1, -0.05) is 46.0 Å². The van der Waals surface area contributed by atoms with E-state index in [9.17, 15) is 0 Å². The van der Waals surface area contributed by atoms with E-state index < -0.39 is 0 Å². The second-order valence-electron chi connectivity index (χ2n) is 7.91. The fourth-order valence-corrected chi connectivity index (χ4v) is 4.81. The molecule has 2 atom stereocenters. The summed E-state index contributed by atoms with van der Waals surface area (Å²) < 4.78 is 0. The van der Waals surface area contributed by atoms with Gasteiger partial charge in [0.2, 0.25) is 0 Å². The first-order valence-electron chi connectivity index (χ1n) is 8.40. The van der Waals surface area contributed by atoms with Crippen LogP contribution < -0.4 is 5.32 Å². The van der Waals surface area contributed by atoms with Gasteiger partial charge in [0.1, 0.15) is 0 Å². The molecule has 1 nitrogen and oxygen atoms in total. The Morgan fingerprint density at radius 2 is 1.72 bits per heavy atom. The van der Waals surface area contributed by atoms with Crippen molar-refractivity contribution in [1.82, 2.24) is 5.32 Å². The quantitative estimate of drug-likeness (QED) is 0.763. The van der Waals surface area contributed by atoms with E-state index in [1.165, 1.54) is 38.6 Å². The molecule has 0 saturated heterocycles. The second kappa shape index (κ2) is 5.15. The molecule has 104 valence electrons. The largest absolute Gasteiger partial charge is 0.314 e. The van der Waals surface area contributed by atoms with Crippen LogP contribution in [-0.4, -0.2) is 12.6 Å². The summed E-state index contributed by atoms with van der Waals surface area (Å²) in [5.74, 6) is 3.32. The summed E-state index contributed by atoms with van der Waals surface area (Å²) in [7, 11) is 0. The van der Waals surface area contributed by atoms with Crippen molar-refractivity contribution in [1.29, 1.82) is 0 Å². The van der Waals surface area contributed by atoms with Crippen molar-refractivity contribution in [2.45, 2.75) is 77.7 Å². The van der Waals surface area contributed by atoms with E-state index in [0.717, 1.165) is 17.8 Å². The molecule has 3 fully saturated rings. The van der Waals surface area contributed by atoms with E-state index >= 15 is 0 Å². The first-order valence-corrected chi connectivity index (χ1v) is 8.40. The topological polar surface area (TPSA) is 12.0 Å². The zero-order valence-corrected chi connectivity index (χ0v) is 12.4. The Bertz CT molecular complexity index is 267. The summed E-state index contributed by atoms with van der Waals surface area (Å²) in [6.07, 6.45) is 13.8. The van der Waals surface area contributed by atoms with Crippen LogP contribution in [0.15, 0.2) is 0 Å². The molecule has 1 heteroatoms. The predicted molar refractivity (Wildman–Crippen MR) is 77.6 cm³/mol. The van der Waals surface area contributed by atoms with Gasteiger partial charge < -0.3 is 5.32 Å². The monoisotopic (exact) mass is 249 g/mol. The molecular weight excluding hydrogens is 218 g/mol. The third-order valence-electron chi connectivity index (χ3n) is 5.79. The Morgan fingerprint density at radius 1 is 1.06 bits per heavy atom. The predicted octanol–water partition coefficient (Wildman–Crippen LogP) is 4.37. The minimum Gasteiger partial charge on any atom is -0.314 e. The lowest BCUT2D eigenvalue weighted by Crippen LogP contribution is -2.38. The molecule has 0 radical (unpaired) electrons. The summed E-state index contributed by atoms with van der Waals surface area (Å²) in [5, 5.41) is 3.76. The molecule has 0 spiro atoms. The molecule has 0 aliphatic heterocycles. The molecule has 0 heterocycles. The van der Waals surface area contributed by atoms with Crippen LogP contribution in [0.4, 0.5) is 0 Å². The SMILES string of the molecule is CC(C)NCC1(CC2CCCCC2)CC2CC2C1. The molecule has 2 unspecified atom stereocenters. The number of rotatable bonds is 5. The fourth-order valence-electron chi connectivity index (χ4n) is 4.81. The van der Waals surface area contributed by atoms with Crippen LogP contribution in [0.25, 0.3) is 0 Å². The Labute approximate surface area is 113 Å². The van der Waals surface area contributed by atoms with E-state index in [0.29, 0.717) is 11.5 Å². The number of nitrogens with one attached hydrogen (secondary N) is 1. The van der Waals surface area contributed by atoms with Crippen molar-refractivity contribution in [3.63, 3.8) is 0 Å². The van der Waals surface area contributed by atoms with Gasteiger partial charge in [0.05, 0.1) is 0 Å². The van der Waals surface area contributed by atoms with E-state index in [4.69, 9.17) is 0 Å². The zero-order valence-electron chi connectivity index (χ0n) is 12.4. The van der Waals surface area contributed by atoms with Crippen LogP contribution in [0.3, 0.4) is 0 Å². The molecule has 0 aromatic heterocycles. The van der Waals surface area contributed by atoms with E-state index in [1.807, 2.05) is 0 Å². The first-order chi connectivity index (χ1) is 8.67. The van der Waals surface area contributed by atoms with Gasteiger partial charge in [-0.25, -0.2) is 0 Å². The highest BCUT2D eigenvalue weighted by Gasteiger charge is 2.53. The van der Waals surface area contributed by atoms with Crippen LogP contribution >= 0.6 is 0 Å². The summed E-state index contributed by atoms with van der Waals surface area (Å²) in [5.41, 5.74) is 0.694. The van der Waals surface area contributed by atoms with Gasteiger partial charge in [-0.15, -0.1) is 0 Å². The molecular formula is C17H31N. The lowest BCUT2D eigenvalue weighted by molar-refractivity contribution is 0.162. The van der Waals surface area contributed by atoms with Crippen LogP contribution in [0.1, 0.15) is 71.6 Å². The van der Waals surface area contributed by atoms with Crippen LogP contribution in [-0.2, 0) is 0 Å². The molecule has 1 N–H and O–H groups in total. The lowest BCUT2D eigenvalue weighted by Gasteiger charge is -2.37. The minimum absolute atomic E-state index is 0.658. The second-order valence-corrected chi connectivity index (χ2v) is 7.91. The Hall–Kier alpha value is -0.0400. The normalized spacial score (nSPS) is 40.2. The fraction of sp³-hybridized carbons (Fsp3) is 1.00. The summed E-state index contributed by atoms with van der Waals surface area (Å²) >= 11 is 0. The molecule has 3 aliphatic carbocycles. The maximum absolute atomic E-state index is 3.76.